The molecule has 6 heteroatoms. The van der Waals surface area contributed by atoms with E-state index in [1.807, 2.05) is 18.2 Å². The molecule has 264 valence electrons. The van der Waals surface area contributed by atoms with Crippen molar-refractivity contribution >= 4 is 55.0 Å². The molecule has 0 amide bonds. The Morgan fingerprint density at radius 1 is 0.411 bits per heavy atom. The smallest absolute Gasteiger partial charge is 0.235 e. The normalized spacial score (nSPS) is 14.2. The van der Waals surface area contributed by atoms with E-state index in [2.05, 4.69) is 190 Å². The van der Waals surface area contributed by atoms with Gasteiger partial charge < -0.3 is 9.88 Å². The zero-order valence-corrected chi connectivity index (χ0v) is 30.3. The molecule has 10 aromatic rings. The highest BCUT2D eigenvalue weighted by molar-refractivity contribution is 6.19. The minimum atomic E-state index is -0.405. The first-order chi connectivity index (χ1) is 27.8. The molecule has 6 nitrogen and oxygen atoms in total. The number of nitrogens with zero attached hydrogens (tertiary/aromatic N) is 5. The number of aliphatic imine (C=N–C) groups is 1. The van der Waals surface area contributed by atoms with E-state index in [-0.39, 0.29) is 0 Å². The van der Waals surface area contributed by atoms with Crippen LogP contribution in [0.25, 0.3) is 77.8 Å². The molecule has 0 saturated heterocycles. The highest BCUT2D eigenvalue weighted by Gasteiger charge is 2.25. The lowest BCUT2D eigenvalue weighted by molar-refractivity contribution is 0.508. The fraction of sp³-hybridized carbons (Fsp3) is 0.0200. The molecule has 0 bridgehead atoms. The minimum absolute atomic E-state index is 0.405. The zero-order chi connectivity index (χ0) is 37.0. The molecule has 7 aromatic carbocycles. The summed E-state index contributed by atoms with van der Waals surface area (Å²) in [5.41, 5.74) is 12.2. The van der Waals surface area contributed by atoms with E-state index < -0.39 is 6.29 Å². The number of rotatable bonds is 6. The Balaban J connectivity index is 1.17. The molecular formula is C50H34N6. The Hall–Kier alpha value is -7.57. The number of hydrogen-bond donors (Lipinski definition) is 1. The molecule has 0 saturated carbocycles. The summed E-state index contributed by atoms with van der Waals surface area (Å²) in [5.74, 6) is 0.628. The van der Waals surface area contributed by atoms with E-state index in [4.69, 9.17) is 15.0 Å². The average Bonchev–Trinajstić information content (AvgIpc) is 3.78. The van der Waals surface area contributed by atoms with Crippen LogP contribution in [0.4, 0.5) is 0 Å². The van der Waals surface area contributed by atoms with Crippen LogP contribution in [0.1, 0.15) is 17.4 Å². The lowest BCUT2D eigenvalue weighted by atomic mass is 10.0. The second-order valence-electron chi connectivity index (χ2n) is 14.1. The van der Waals surface area contributed by atoms with Gasteiger partial charge in [-0.2, -0.15) is 0 Å². The first-order valence-corrected chi connectivity index (χ1v) is 18.9. The lowest BCUT2D eigenvalue weighted by Gasteiger charge is -2.27. The largest absolute Gasteiger partial charge is 0.346 e. The molecule has 3 aromatic heterocycles. The number of fused-ring (bicyclic) bond motifs is 6. The fourth-order valence-corrected chi connectivity index (χ4v) is 8.18. The Morgan fingerprint density at radius 3 is 1.52 bits per heavy atom. The summed E-state index contributed by atoms with van der Waals surface area (Å²) >= 11 is 0. The van der Waals surface area contributed by atoms with E-state index in [1.54, 1.807) is 0 Å². The van der Waals surface area contributed by atoms with Crippen molar-refractivity contribution in [2.75, 3.05) is 0 Å². The molecule has 1 aliphatic heterocycles. The topological polar surface area (TPSA) is 60.0 Å². The maximum Gasteiger partial charge on any atom is 0.235 e. The van der Waals surface area contributed by atoms with Gasteiger partial charge in [-0.15, -0.1) is 0 Å². The summed E-state index contributed by atoms with van der Waals surface area (Å²) in [6, 6.07) is 65.6. The third-order valence-electron chi connectivity index (χ3n) is 10.8. The van der Waals surface area contributed by atoms with Gasteiger partial charge in [-0.25, -0.2) is 15.0 Å². The van der Waals surface area contributed by atoms with Crippen molar-refractivity contribution < 1.29 is 0 Å². The Morgan fingerprint density at radius 2 is 0.893 bits per heavy atom. The van der Waals surface area contributed by atoms with Gasteiger partial charge in [0.1, 0.15) is 0 Å². The number of allylic oxidation sites excluding steroid dienone is 1. The standard InChI is InChI=1S/C50H34N6/c1-5-17-33(18-6-1)41-31-42(34-19-7-2-8-20-34)52-49(51-41)55-45-27-15-13-25-37(45)39-30-48-40(29-47(39)55)38-26-14-16-28-46(38)56(48)50-53-43(35-21-9-3-10-22-35)32-44(54-50)36-23-11-4-12-24-36/h1-32,49,51H. The molecule has 4 heterocycles. The van der Waals surface area contributed by atoms with E-state index in [0.29, 0.717) is 5.95 Å². The number of nitrogens with one attached hydrogen (secondary N) is 1. The monoisotopic (exact) mass is 718 g/mol. The van der Waals surface area contributed by atoms with Gasteiger partial charge in [-0.05, 0) is 47.5 Å². The first kappa shape index (κ1) is 31.9. The zero-order valence-electron chi connectivity index (χ0n) is 30.3. The fourth-order valence-electron chi connectivity index (χ4n) is 8.18. The van der Waals surface area contributed by atoms with E-state index >= 15 is 0 Å². The number of para-hydroxylation sites is 2. The highest BCUT2D eigenvalue weighted by atomic mass is 15.3. The SMILES string of the molecule is C1=C(c2ccccc2)NC(n2c3ccccc3c3cc4c(cc32)c2ccccc2n4-c2nc(-c3ccccc3)cc(-c3ccccc3)n2)N=C1c1ccccc1. The van der Waals surface area contributed by atoms with Crippen molar-refractivity contribution in [2.45, 2.75) is 6.29 Å². The molecule has 11 rings (SSSR count). The molecular weight excluding hydrogens is 685 g/mol. The summed E-state index contributed by atoms with van der Waals surface area (Å²) in [7, 11) is 0. The molecule has 0 radical (unpaired) electrons. The summed E-state index contributed by atoms with van der Waals surface area (Å²) < 4.78 is 4.59. The van der Waals surface area contributed by atoms with Crippen molar-refractivity contribution in [1.82, 2.24) is 24.4 Å². The van der Waals surface area contributed by atoms with Crippen LogP contribution < -0.4 is 5.32 Å². The second-order valence-corrected chi connectivity index (χ2v) is 14.1. The van der Waals surface area contributed by atoms with E-state index in [9.17, 15) is 0 Å². The summed E-state index contributed by atoms with van der Waals surface area (Å²) in [6.07, 6.45) is 1.76. The first-order valence-electron chi connectivity index (χ1n) is 18.9. The summed E-state index contributed by atoms with van der Waals surface area (Å²) in [6.45, 7) is 0. The van der Waals surface area contributed by atoms with Gasteiger partial charge in [0.2, 0.25) is 12.2 Å². The van der Waals surface area contributed by atoms with Crippen molar-refractivity contribution in [3.63, 3.8) is 0 Å². The van der Waals surface area contributed by atoms with E-state index in [0.717, 1.165) is 88.7 Å². The third kappa shape index (κ3) is 5.30. The highest BCUT2D eigenvalue weighted by Crippen LogP contribution is 2.40. The van der Waals surface area contributed by atoms with Crippen LogP contribution in [-0.2, 0) is 0 Å². The van der Waals surface area contributed by atoms with Gasteiger partial charge in [-0.3, -0.25) is 4.57 Å². The van der Waals surface area contributed by atoms with Gasteiger partial charge in [0.05, 0.1) is 39.2 Å². The molecule has 1 aliphatic rings. The van der Waals surface area contributed by atoms with Gasteiger partial charge in [0.15, 0.2) is 0 Å². The molecule has 56 heavy (non-hydrogen) atoms. The van der Waals surface area contributed by atoms with Crippen molar-refractivity contribution in [2.24, 2.45) is 4.99 Å². The van der Waals surface area contributed by atoms with Crippen LogP contribution in [0.15, 0.2) is 199 Å². The Kier molecular flexibility index (Phi) is 7.45. The van der Waals surface area contributed by atoms with Crippen LogP contribution in [0, 0.1) is 0 Å². The van der Waals surface area contributed by atoms with Gasteiger partial charge in [0, 0.05) is 38.4 Å². The van der Waals surface area contributed by atoms with Crippen LogP contribution in [-0.4, -0.2) is 24.8 Å². The van der Waals surface area contributed by atoms with Gasteiger partial charge in [0.25, 0.3) is 0 Å². The number of benzene rings is 7. The Bertz CT molecular complexity index is 3090. The molecule has 0 spiro atoms. The lowest BCUT2D eigenvalue weighted by Crippen LogP contribution is -2.29. The minimum Gasteiger partial charge on any atom is -0.346 e. The maximum atomic E-state index is 5.41. The molecule has 0 fully saturated rings. The molecule has 1 N–H and O–H groups in total. The van der Waals surface area contributed by atoms with Gasteiger partial charge in [-0.1, -0.05) is 158 Å². The Labute approximate surface area is 323 Å². The van der Waals surface area contributed by atoms with Crippen molar-refractivity contribution in [1.29, 1.82) is 0 Å². The third-order valence-corrected chi connectivity index (χ3v) is 10.8. The van der Waals surface area contributed by atoms with Crippen LogP contribution >= 0.6 is 0 Å². The second kappa shape index (κ2) is 13.1. The summed E-state index contributed by atoms with van der Waals surface area (Å²) in [5, 5.41) is 8.36. The molecule has 0 aliphatic carbocycles. The molecule has 1 unspecified atom stereocenters. The quantitative estimate of drug-likeness (QED) is 0.186. The van der Waals surface area contributed by atoms with E-state index in [1.165, 1.54) is 0 Å². The molecule has 1 atom stereocenters. The predicted molar refractivity (Wildman–Crippen MR) is 230 cm³/mol. The number of hydrogen-bond acceptors (Lipinski definition) is 4. The van der Waals surface area contributed by atoms with Crippen molar-refractivity contribution in [3.05, 3.63) is 205 Å². The van der Waals surface area contributed by atoms with Crippen LogP contribution in [0.5, 0.6) is 0 Å². The van der Waals surface area contributed by atoms with Crippen LogP contribution in [0.3, 0.4) is 0 Å². The van der Waals surface area contributed by atoms with Gasteiger partial charge >= 0.3 is 0 Å². The number of aromatic nitrogens is 4. The van der Waals surface area contributed by atoms with Crippen LogP contribution in [0.2, 0.25) is 0 Å². The predicted octanol–water partition coefficient (Wildman–Crippen LogP) is 11.6. The summed E-state index contributed by atoms with van der Waals surface area (Å²) in [4.78, 5) is 16.0. The maximum absolute atomic E-state index is 5.41. The average molecular weight is 719 g/mol. The van der Waals surface area contributed by atoms with Crippen molar-refractivity contribution in [3.8, 4) is 28.5 Å².